The van der Waals surface area contributed by atoms with Crippen LogP contribution in [0, 0.1) is 0 Å². The molecule has 2 aromatic rings. The first-order valence-corrected chi connectivity index (χ1v) is 6.20. The highest BCUT2D eigenvalue weighted by molar-refractivity contribution is 5.28. The Hall–Kier alpha value is -1.81. The predicted octanol–water partition coefficient (Wildman–Crippen LogP) is 2.37. The van der Waals surface area contributed by atoms with E-state index < -0.39 is 0 Å². The van der Waals surface area contributed by atoms with Crippen LogP contribution < -0.4 is 10.5 Å². The molecule has 1 aromatic carbocycles. The van der Waals surface area contributed by atoms with Crippen LogP contribution >= 0.6 is 0 Å². The van der Waals surface area contributed by atoms with Crippen molar-refractivity contribution < 1.29 is 4.74 Å². The fourth-order valence-corrected chi connectivity index (χ4v) is 1.72. The van der Waals surface area contributed by atoms with Crippen molar-refractivity contribution in [3.8, 4) is 5.75 Å². The quantitative estimate of drug-likeness (QED) is 0.795. The zero-order valence-electron chi connectivity index (χ0n) is 10.6. The lowest BCUT2D eigenvalue weighted by molar-refractivity contribution is 0.301. The minimum absolute atomic E-state index is 0.0697. The van der Waals surface area contributed by atoms with Crippen LogP contribution in [-0.4, -0.2) is 16.2 Å². The molecule has 1 aromatic heterocycles. The fraction of sp³-hybridized carbons (Fsp3) is 0.357. The zero-order chi connectivity index (χ0) is 12.8. The second-order valence-corrected chi connectivity index (χ2v) is 4.36. The largest absolute Gasteiger partial charge is 0.494 e. The van der Waals surface area contributed by atoms with Crippen LogP contribution in [0.3, 0.4) is 0 Å². The molecule has 4 nitrogen and oxygen atoms in total. The summed E-state index contributed by atoms with van der Waals surface area (Å²) < 4.78 is 7.71. The average Bonchev–Trinajstić information content (AvgIpc) is 2.88. The minimum Gasteiger partial charge on any atom is -0.494 e. The topological polar surface area (TPSA) is 53.1 Å². The van der Waals surface area contributed by atoms with E-state index in [1.807, 2.05) is 48.3 Å². The van der Waals surface area contributed by atoms with E-state index in [1.54, 1.807) is 6.20 Å². The van der Waals surface area contributed by atoms with Crippen LogP contribution in [0.5, 0.6) is 5.75 Å². The van der Waals surface area contributed by atoms with Gasteiger partial charge >= 0.3 is 0 Å². The van der Waals surface area contributed by atoms with Crippen LogP contribution in [-0.2, 0) is 6.54 Å². The van der Waals surface area contributed by atoms with E-state index in [4.69, 9.17) is 10.5 Å². The van der Waals surface area contributed by atoms with Crippen LogP contribution in [0.15, 0.2) is 43.0 Å². The van der Waals surface area contributed by atoms with Crippen molar-refractivity contribution in [2.24, 2.45) is 5.73 Å². The third-order valence-corrected chi connectivity index (χ3v) is 2.79. The van der Waals surface area contributed by atoms with Gasteiger partial charge in [-0.3, -0.25) is 0 Å². The average molecular weight is 245 g/mol. The van der Waals surface area contributed by atoms with E-state index in [0.717, 1.165) is 24.3 Å². The van der Waals surface area contributed by atoms with Gasteiger partial charge in [0, 0.05) is 25.0 Å². The number of nitrogens with two attached hydrogens (primary N) is 1. The Morgan fingerprint density at radius 3 is 2.72 bits per heavy atom. The summed E-state index contributed by atoms with van der Waals surface area (Å²) in [6, 6.07) is 8.03. The molecule has 96 valence electrons. The molecule has 1 atom stereocenters. The van der Waals surface area contributed by atoms with Crippen molar-refractivity contribution in [3.63, 3.8) is 0 Å². The molecule has 2 rings (SSSR count). The van der Waals surface area contributed by atoms with Gasteiger partial charge in [-0.1, -0.05) is 12.1 Å². The normalized spacial score (nSPS) is 12.3. The number of ether oxygens (including phenoxy) is 1. The molecule has 0 aliphatic carbocycles. The maximum absolute atomic E-state index is 5.79. The predicted molar refractivity (Wildman–Crippen MR) is 71.4 cm³/mol. The number of rotatable bonds is 6. The van der Waals surface area contributed by atoms with Gasteiger partial charge in [-0.2, -0.15) is 0 Å². The summed E-state index contributed by atoms with van der Waals surface area (Å²) in [5.74, 6) is 0.894. The van der Waals surface area contributed by atoms with E-state index in [9.17, 15) is 0 Å². The molecule has 1 heterocycles. The Morgan fingerprint density at radius 2 is 2.11 bits per heavy atom. The van der Waals surface area contributed by atoms with E-state index in [2.05, 4.69) is 4.98 Å². The standard InChI is InChI=1S/C14H19N3O/c1-12(15)13-3-5-14(6-4-13)18-10-2-8-17-9-7-16-11-17/h3-7,9,11-12H,2,8,10,15H2,1H3. The highest BCUT2D eigenvalue weighted by atomic mass is 16.5. The molecule has 0 saturated carbocycles. The second kappa shape index (κ2) is 6.21. The molecular formula is C14H19N3O. The first-order chi connectivity index (χ1) is 8.75. The number of hydrogen-bond donors (Lipinski definition) is 1. The van der Waals surface area contributed by atoms with Gasteiger partial charge in [-0.15, -0.1) is 0 Å². The second-order valence-electron chi connectivity index (χ2n) is 4.36. The van der Waals surface area contributed by atoms with Crippen molar-refractivity contribution in [2.75, 3.05) is 6.61 Å². The lowest BCUT2D eigenvalue weighted by Gasteiger charge is -2.09. The molecule has 0 bridgehead atoms. The van der Waals surface area contributed by atoms with Crippen molar-refractivity contribution in [1.29, 1.82) is 0 Å². The first kappa shape index (κ1) is 12.6. The summed E-state index contributed by atoms with van der Waals surface area (Å²) in [6.45, 7) is 3.61. The molecule has 1 unspecified atom stereocenters. The zero-order valence-corrected chi connectivity index (χ0v) is 10.6. The molecule has 2 N–H and O–H groups in total. The molecule has 0 radical (unpaired) electrons. The number of nitrogens with zero attached hydrogens (tertiary/aromatic N) is 2. The Labute approximate surface area is 107 Å². The van der Waals surface area contributed by atoms with Crippen LogP contribution in [0.2, 0.25) is 0 Å². The van der Waals surface area contributed by atoms with Gasteiger partial charge in [0.25, 0.3) is 0 Å². The molecule has 0 spiro atoms. The summed E-state index contributed by atoms with van der Waals surface area (Å²) in [4.78, 5) is 4.00. The lowest BCUT2D eigenvalue weighted by Crippen LogP contribution is -2.05. The van der Waals surface area contributed by atoms with Crippen LogP contribution in [0.25, 0.3) is 0 Å². The molecule has 0 fully saturated rings. The SMILES string of the molecule is CC(N)c1ccc(OCCCn2ccnc2)cc1. The number of benzene rings is 1. The number of hydrogen-bond acceptors (Lipinski definition) is 3. The van der Waals surface area contributed by atoms with Crippen molar-refractivity contribution in [3.05, 3.63) is 48.5 Å². The van der Waals surface area contributed by atoms with E-state index in [1.165, 1.54) is 0 Å². The number of aryl methyl sites for hydroxylation is 1. The number of imidazole rings is 1. The fourth-order valence-electron chi connectivity index (χ4n) is 1.72. The maximum atomic E-state index is 5.79. The van der Waals surface area contributed by atoms with E-state index in [-0.39, 0.29) is 6.04 Å². The lowest BCUT2D eigenvalue weighted by atomic mass is 10.1. The van der Waals surface area contributed by atoms with Gasteiger partial charge < -0.3 is 15.0 Å². The van der Waals surface area contributed by atoms with Gasteiger partial charge in [0.05, 0.1) is 12.9 Å². The van der Waals surface area contributed by atoms with Crippen molar-refractivity contribution in [1.82, 2.24) is 9.55 Å². The van der Waals surface area contributed by atoms with Gasteiger partial charge in [0.15, 0.2) is 0 Å². The molecule has 4 heteroatoms. The summed E-state index contributed by atoms with van der Waals surface area (Å²) in [7, 11) is 0. The molecule has 0 saturated heterocycles. The highest BCUT2D eigenvalue weighted by Crippen LogP contribution is 2.16. The Kier molecular flexibility index (Phi) is 4.36. The van der Waals surface area contributed by atoms with Crippen molar-refractivity contribution >= 4 is 0 Å². The Bertz CT molecular complexity index is 448. The minimum atomic E-state index is 0.0697. The Morgan fingerprint density at radius 1 is 1.33 bits per heavy atom. The number of aromatic nitrogens is 2. The molecule has 0 aliphatic heterocycles. The summed E-state index contributed by atoms with van der Waals surface area (Å²) in [5.41, 5.74) is 6.92. The Balaban J connectivity index is 1.73. The molecule has 18 heavy (non-hydrogen) atoms. The third-order valence-electron chi connectivity index (χ3n) is 2.79. The van der Waals surface area contributed by atoms with Gasteiger partial charge in [0.1, 0.15) is 5.75 Å². The monoisotopic (exact) mass is 245 g/mol. The van der Waals surface area contributed by atoms with Gasteiger partial charge in [0.2, 0.25) is 0 Å². The van der Waals surface area contributed by atoms with Gasteiger partial charge in [-0.25, -0.2) is 4.98 Å². The molecule has 0 aliphatic rings. The van der Waals surface area contributed by atoms with Gasteiger partial charge in [-0.05, 0) is 31.0 Å². The molecule has 0 amide bonds. The van der Waals surface area contributed by atoms with Crippen LogP contribution in [0.4, 0.5) is 0 Å². The van der Waals surface area contributed by atoms with E-state index >= 15 is 0 Å². The first-order valence-electron chi connectivity index (χ1n) is 6.20. The summed E-state index contributed by atoms with van der Waals surface area (Å²) in [6.07, 6.45) is 6.52. The smallest absolute Gasteiger partial charge is 0.119 e. The van der Waals surface area contributed by atoms with E-state index in [0.29, 0.717) is 6.61 Å². The summed E-state index contributed by atoms with van der Waals surface area (Å²) >= 11 is 0. The maximum Gasteiger partial charge on any atom is 0.119 e. The van der Waals surface area contributed by atoms with Crippen LogP contribution in [0.1, 0.15) is 24.9 Å². The third kappa shape index (κ3) is 3.60. The summed E-state index contributed by atoms with van der Waals surface area (Å²) in [5, 5.41) is 0. The highest BCUT2D eigenvalue weighted by Gasteiger charge is 1.99. The van der Waals surface area contributed by atoms with Crippen molar-refractivity contribution in [2.45, 2.75) is 25.9 Å². The molecular weight excluding hydrogens is 226 g/mol.